The molecule has 2 aliphatic rings. The highest BCUT2D eigenvalue weighted by molar-refractivity contribution is 5.20. The SMILES string of the molecule is c1ccc(OCCN2CCC(c3nccn3CC3CC3)CC2)cc1. The van der Waals surface area contributed by atoms with Gasteiger partial charge in [-0.3, -0.25) is 4.90 Å². The van der Waals surface area contributed by atoms with Crippen LogP contribution in [-0.2, 0) is 6.54 Å². The Morgan fingerprint density at radius 3 is 2.58 bits per heavy atom. The molecule has 2 heterocycles. The first kappa shape index (κ1) is 15.7. The van der Waals surface area contributed by atoms with Crippen molar-refractivity contribution in [3.05, 3.63) is 48.5 Å². The molecule has 2 fully saturated rings. The molecule has 1 saturated heterocycles. The van der Waals surface area contributed by atoms with Gasteiger partial charge in [0.25, 0.3) is 0 Å². The number of nitrogens with zero attached hydrogens (tertiary/aromatic N) is 3. The van der Waals surface area contributed by atoms with Crippen LogP contribution in [0.3, 0.4) is 0 Å². The number of hydrogen-bond donors (Lipinski definition) is 0. The van der Waals surface area contributed by atoms with Crippen LogP contribution in [0.5, 0.6) is 5.75 Å². The van der Waals surface area contributed by atoms with Crippen LogP contribution in [-0.4, -0.2) is 40.7 Å². The smallest absolute Gasteiger partial charge is 0.119 e. The average molecular weight is 325 g/mol. The van der Waals surface area contributed by atoms with Crippen LogP contribution in [0.15, 0.2) is 42.7 Å². The van der Waals surface area contributed by atoms with Crippen molar-refractivity contribution in [1.82, 2.24) is 14.5 Å². The largest absolute Gasteiger partial charge is 0.492 e. The lowest BCUT2D eigenvalue weighted by atomic mass is 9.96. The van der Waals surface area contributed by atoms with E-state index in [0.717, 1.165) is 37.9 Å². The van der Waals surface area contributed by atoms with E-state index in [1.807, 2.05) is 36.5 Å². The van der Waals surface area contributed by atoms with Gasteiger partial charge in [0, 0.05) is 31.4 Å². The second kappa shape index (κ2) is 7.39. The summed E-state index contributed by atoms with van der Waals surface area (Å²) in [5.41, 5.74) is 0. The van der Waals surface area contributed by atoms with Gasteiger partial charge in [-0.05, 0) is 56.8 Å². The zero-order valence-corrected chi connectivity index (χ0v) is 14.3. The fourth-order valence-corrected chi connectivity index (χ4v) is 3.64. The molecule has 1 aliphatic heterocycles. The van der Waals surface area contributed by atoms with Crippen LogP contribution < -0.4 is 4.74 Å². The third kappa shape index (κ3) is 3.99. The Hall–Kier alpha value is -1.81. The first-order valence-corrected chi connectivity index (χ1v) is 9.30. The molecule has 1 aliphatic carbocycles. The molecular formula is C20H27N3O. The second-order valence-electron chi connectivity index (χ2n) is 7.16. The summed E-state index contributed by atoms with van der Waals surface area (Å²) >= 11 is 0. The zero-order chi connectivity index (χ0) is 16.2. The highest BCUT2D eigenvalue weighted by Gasteiger charge is 2.27. The van der Waals surface area contributed by atoms with Gasteiger partial charge < -0.3 is 9.30 Å². The normalized spacial score (nSPS) is 19.5. The van der Waals surface area contributed by atoms with Gasteiger partial charge in [0.05, 0.1) is 0 Å². The highest BCUT2D eigenvalue weighted by atomic mass is 16.5. The Kier molecular flexibility index (Phi) is 4.83. The zero-order valence-electron chi connectivity index (χ0n) is 14.3. The molecule has 4 rings (SSSR count). The van der Waals surface area contributed by atoms with Crippen molar-refractivity contribution in [1.29, 1.82) is 0 Å². The average Bonchev–Trinajstić information content (AvgIpc) is 3.32. The van der Waals surface area contributed by atoms with E-state index in [9.17, 15) is 0 Å². The molecule has 128 valence electrons. The molecule has 4 nitrogen and oxygen atoms in total. The van der Waals surface area contributed by atoms with E-state index >= 15 is 0 Å². The number of rotatable bonds is 7. The number of piperidine rings is 1. The van der Waals surface area contributed by atoms with E-state index < -0.39 is 0 Å². The van der Waals surface area contributed by atoms with Gasteiger partial charge in [0.15, 0.2) is 0 Å². The van der Waals surface area contributed by atoms with E-state index in [2.05, 4.69) is 20.6 Å². The molecule has 0 spiro atoms. The van der Waals surface area contributed by atoms with E-state index in [0.29, 0.717) is 5.92 Å². The molecule has 0 N–H and O–H groups in total. The van der Waals surface area contributed by atoms with Gasteiger partial charge in [0.2, 0.25) is 0 Å². The fraction of sp³-hybridized carbons (Fsp3) is 0.550. The van der Waals surface area contributed by atoms with E-state index in [-0.39, 0.29) is 0 Å². The first-order chi connectivity index (χ1) is 11.9. The number of aromatic nitrogens is 2. The van der Waals surface area contributed by atoms with Crippen molar-refractivity contribution >= 4 is 0 Å². The molecule has 1 aromatic carbocycles. The summed E-state index contributed by atoms with van der Waals surface area (Å²) in [6.45, 7) is 5.27. The number of benzene rings is 1. The lowest BCUT2D eigenvalue weighted by molar-refractivity contribution is 0.170. The maximum atomic E-state index is 5.82. The molecule has 0 atom stereocenters. The minimum atomic E-state index is 0.630. The molecule has 0 unspecified atom stereocenters. The number of ether oxygens (including phenoxy) is 1. The summed E-state index contributed by atoms with van der Waals surface area (Å²) in [6.07, 6.45) is 9.39. The van der Waals surface area contributed by atoms with Crippen LogP contribution >= 0.6 is 0 Å². The Balaban J connectivity index is 1.22. The summed E-state index contributed by atoms with van der Waals surface area (Å²) in [6, 6.07) is 10.1. The lowest BCUT2D eigenvalue weighted by Gasteiger charge is -2.31. The first-order valence-electron chi connectivity index (χ1n) is 9.30. The topological polar surface area (TPSA) is 30.3 Å². The summed E-state index contributed by atoms with van der Waals surface area (Å²) in [4.78, 5) is 7.19. The summed E-state index contributed by atoms with van der Waals surface area (Å²) < 4.78 is 8.23. The summed E-state index contributed by atoms with van der Waals surface area (Å²) in [5.74, 6) is 3.83. The van der Waals surface area contributed by atoms with E-state index in [1.54, 1.807) is 0 Å². The molecule has 4 heteroatoms. The Morgan fingerprint density at radius 1 is 1.04 bits per heavy atom. The van der Waals surface area contributed by atoms with Crippen LogP contribution in [0.2, 0.25) is 0 Å². The predicted octanol–water partition coefficient (Wildman–Crippen LogP) is 3.55. The van der Waals surface area contributed by atoms with Gasteiger partial charge >= 0.3 is 0 Å². The van der Waals surface area contributed by atoms with Gasteiger partial charge in [0.1, 0.15) is 18.2 Å². The summed E-state index contributed by atoms with van der Waals surface area (Å²) in [5, 5.41) is 0. The molecule has 0 radical (unpaired) electrons. The number of hydrogen-bond acceptors (Lipinski definition) is 3. The minimum absolute atomic E-state index is 0.630. The maximum Gasteiger partial charge on any atom is 0.119 e. The van der Waals surface area contributed by atoms with Gasteiger partial charge in [-0.1, -0.05) is 18.2 Å². The second-order valence-corrected chi connectivity index (χ2v) is 7.16. The van der Waals surface area contributed by atoms with Crippen molar-refractivity contribution in [3.8, 4) is 5.75 Å². The maximum absolute atomic E-state index is 5.82. The van der Waals surface area contributed by atoms with Gasteiger partial charge in [-0.15, -0.1) is 0 Å². The molecule has 2 aromatic rings. The third-order valence-electron chi connectivity index (χ3n) is 5.27. The van der Waals surface area contributed by atoms with Crippen LogP contribution in [0.4, 0.5) is 0 Å². The van der Waals surface area contributed by atoms with Crippen molar-refractivity contribution < 1.29 is 4.74 Å². The van der Waals surface area contributed by atoms with Crippen molar-refractivity contribution in [2.45, 2.75) is 38.1 Å². The predicted molar refractivity (Wildman–Crippen MR) is 95.3 cm³/mol. The summed E-state index contributed by atoms with van der Waals surface area (Å²) in [7, 11) is 0. The van der Waals surface area contributed by atoms with Crippen LogP contribution in [0, 0.1) is 5.92 Å². The number of likely N-dealkylation sites (tertiary alicyclic amines) is 1. The number of para-hydroxylation sites is 1. The minimum Gasteiger partial charge on any atom is -0.492 e. The monoisotopic (exact) mass is 325 g/mol. The Morgan fingerprint density at radius 2 is 1.83 bits per heavy atom. The van der Waals surface area contributed by atoms with Crippen molar-refractivity contribution in [2.24, 2.45) is 5.92 Å². The van der Waals surface area contributed by atoms with Crippen LogP contribution in [0.25, 0.3) is 0 Å². The highest BCUT2D eigenvalue weighted by Crippen LogP contribution is 2.33. The van der Waals surface area contributed by atoms with E-state index in [4.69, 9.17) is 4.74 Å². The molecule has 24 heavy (non-hydrogen) atoms. The number of imidazole rings is 1. The molecular weight excluding hydrogens is 298 g/mol. The molecule has 0 bridgehead atoms. The molecule has 1 aromatic heterocycles. The Labute approximate surface area is 144 Å². The quantitative estimate of drug-likeness (QED) is 0.780. The third-order valence-corrected chi connectivity index (χ3v) is 5.27. The van der Waals surface area contributed by atoms with Gasteiger partial charge in [-0.25, -0.2) is 4.98 Å². The fourth-order valence-electron chi connectivity index (χ4n) is 3.64. The standard InChI is InChI=1S/C20H27N3O/c1-2-4-19(5-3-1)24-15-14-22-11-8-18(9-12-22)20-21-10-13-23(20)16-17-6-7-17/h1-5,10,13,17-18H,6-9,11-12,14-16H2. The molecule has 0 amide bonds. The lowest BCUT2D eigenvalue weighted by Crippen LogP contribution is -2.36. The molecule has 1 saturated carbocycles. The van der Waals surface area contributed by atoms with Crippen molar-refractivity contribution in [3.63, 3.8) is 0 Å². The Bertz CT molecular complexity index is 627. The van der Waals surface area contributed by atoms with Crippen LogP contribution in [0.1, 0.15) is 37.4 Å². The van der Waals surface area contributed by atoms with E-state index in [1.165, 1.54) is 38.1 Å². The van der Waals surface area contributed by atoms with Gasteiger partial charge in [-0.2, -0.15) is 0 Å². The van der Waals surface area contributed by atoms with Crippen molar-refractivity contribution in [2.75, 3.05) is 26.2 Å².